The third kappa shape index (κ3) is 6.11. The summed E-state index contributed by atoms with van der Waals surface area (Å²) in [4.78, 5) is 35.6. The van der Waals surface area contributed by atoms with Crippen LogP contribution in [0.5, 0.6) is 0 Å². The molecule has 10 heteroatoms. The minimum atomic E-state index is -1.46. The number of epoxide rings is 1. The van der Waals surface area contributed by atoms with Gasteiger partial charge in [0.15, 0.2) is 0 Å². The highest BCUT2D eigenvalue weighted by atomic mass is 32.2. The van der Waals surface area contributed by atoms with E-state index in [0.29, 0.717) is 24.3 Å². The highest BCUT2D eigenvalue weighted by Crippen LogP contribution is 2.54. The molecule has 7 atom stereocenters. The highest BCUT2D eigenvalue weighted by molar-refractivity contribution is 7.85. The van der Waals surface area contributed by atoms with E-state index in [1.165, 1.54) is 0 Å². The molecule has 0 aromatic heterocycles. The summed E-state index contributed by atoms with van der Waals surface area (Å²) < 4.78 is 24.0. The number of hydrogen-bond donors (Lipinski definition) is 3. The normalized spacial score (nSPS) is 29.5. The van der Waals surface area contributed by atoms with Gasteiger partial charge in [0.25, 0.3) is 0 Å². The molecule has 0 radical (unpaired) electrons. The first kappa shape index (κ1) is 24.6. The molecule has 0 aliphatic carbocycles. The van der Waals surface area contributed by atoms with Gasteiger partial charge in [0.05, 0.1) is 29.6 Å². The predicted octanol–water partition coefficient (Wildman–Crippen LogP) is 1.01. The first-order valence-corrected chi connectivity index (χ1v) is 12.9. The van der Waals surface area contributed by atoms with Crippen LogP contribution < -0.4 is 10.6 Å². The number of ether oxygens (including phenoxy) is 2. The van der Waals surface area contributed by atoms with Crippen LogP contribution in [0.1, 0.15) is 25.7 Å². The topological polar surface area (TPSA) is 134 Å². The van der Waals surface area contributed by atoms with Crippen LogP contribution in [-0.2, 0) is 34.7 Å². The van der Waals surface area contributed by atoms with Crippen LogP contribution in [0.4, 0.5) is 0 Å². The molecule has 3 heterocycles. The number of benzene rings is 1. The number of carboxylic acids is 1. The Bertz CT molecular complexity index is 954. The molecule has 9 nitrogen and oxygen atoms in total. The predicted molar refractivity (Wildman–Crippen MR) is 123 cm³/mol. The van der Waals surface area contributed by atoms with E-state index in [-0.39, 0.29) is 60.9 Å². The van der Waals surface area contributed by atoms with E-state index in [9.17, 15) is 18.6 Å². The lowest BCUT2D eigenvalue weighted by molar-refractivity contribution is -0.137. The molecule has 3 fully saturated rings. The quantitative estimate of drug-likeness (QED) is 0.213. The smallest absolute Gasteiger partial charge is 0.303 e. The van der Waals surface area contributed by atoms with Crippen LogP contribution in [0.2, 0.25) is 0 Å². The average Bonchev–Trinajstić information content (AvgIpc) is 3.45. The van der Waals surface area contributed by atoms with Gasteiger partial charge in [-0.25, -0.2) is 0 Å². The maximum atomic E-state index is 12.3. The third-order valence-electron chi connectivity index (χ3n) is 6.50. The van der Waals surface area contributed by atoms with Crippen LogP contribution >= 0.6 is 0 Å². The van der Waals surface area contributed by atoms with Crippen LogP contribution in [-0.4, -0.2) is 70.4 Å². The first-order chi connectivity index (χ1) is 16.4. The number of aliphatic carboxylic acids is 1. The van der Waals surface area contributed by atoms with Crippen molar-refractivity contribution in [3.63, 3.8) is 0 Å². The molecule has 3 saturated heterocycles. The maximum absolute atomic E-state index is 12.3. The van der Waals surface area contributed by atoms with Gasteiger partial charge in [-0.2, -0.15) is 0 Å². The molecule has 0 spiro atoms. The van der Waals surface area contributed by atoms with Crippen molar-refractivity contribution in [2.45, 2.75) is 55.0 Å². The Morgan fingerprint density at radius 2 is 1.65 bits per heavy atom. The van der Waals surface area contributed by atoms with E-state index >= 15 is 0 Å². The van der Waals surface area contributed by atoms with Crippen molar-refractivity contribution < 1.29 is 33.2 Å². The van der Waals surface area contributed by atoms with Crippen molar-refractivity contribution in [3.8, 4) is 0 Å². The molecule has 34 heavy (non-hydrogen) atoms. The Morgan fingerprint density at radius 3 is 2.38 bits per heavy atom. The summed E-state index contributed by atoms with van der Waals surface area (Å²) in [5.41, 5.74) is 0. The van der Waals surface area contributed by atoms with Crippen LogP contribution in [0.3, 0.4) is 0 Å². The number of carbonyl (C=O) groups is 3. The van der Waals surface area contributed by atoms with Crippen LogP contribution in [0.25, 0.3) is 0 Å². The molecular weight excluding hydrogens is 460 g/mol. The lowest BCUT2D eigenvalue weighted by Gasteiger charge is -2.25. The van der Waals surface area contributed by atoms with Crippen molar-refractivity contribution in [1.29, 1.82) is 0 Å². The second-order valence-corrected chi connectivity index (χ2v) is 10.3. The fourth-order valence-corrected chi connectivity index (χ4v) is 5.76. The monoisotopic (exact) mass is 490 g/mol. The summed E-state index contributed by atoms with van der Waals surface area (Å²) >= 11 is 0. The van der Waals surface area contributed by atoms with E-state index in [0.717, 1.165) is 6.42 Å². The Morgan fingerprint density at radius 1 is 0.941 bits per heavy atom. The second kappa shape index (κ2) is 11.2. The standard InChI is InChI=1S/C24H30N2O7S/c27-18(13-26-19(28)14-34(31)15-8-4-3-5-9-15)25-12-17-16(10-6-1-2-7-11-20(29)30)21-23-24(33-23)22(17)32-21/h1,3-6,8-9,16-17,21-24H,2,7,10-14H2,(H,25,27)(H,26,28)(H,29,30)/b6-1-. The number of amides is 2. The Kier molecular flexibility index (Phi) is 8.12. The third-order valence-corrected chi connectivity index (χ3v) is 7.83. The fourth-order valence-electron chi connectivity index (χ4n) is 4.80. The van der Waals surface area contributed by atoms with Crippen LogP contribution in [0, 0.1) is 11.8 Å². The molecule has 2 amide bonds. The first-order valence-electron chi connectivity index (χ1n) is 11.6. The molecule has 1 aromatic rings. The zero-order valence-electron chi connectivity index (χ0n) is 18.8. The molecule has 3 N–H and O–H groups in total. The van der Waals surface area contributed by atoms with E-state index in [2.05, 4.69) is 16.7 Å². The van der Waals surface area contributed by atoms with Gasteiger partial charge in [-0.3, -0.25) is 18.6 Å². The number of carbonyl (C=O) groups excluding carboxylic acids is 2. The van der Waals surface area contributed by atoms with Crippen LogP contribution in [0.15, 0.2) is 47.4 Å². The Labute approximate surface area is 200 Å². The molecule has 3 aliphatic rings. The molecule has 1 aromatic carbocycles. The summed E-state index contributed by atoms with van der Waals surface area (Å²) in [5.74, 6) is -1.41. The number of unbranched alkanes of at least 4 members (excludes halogenated alkanes) is 1. The minimum Gasteiger partial charge on any atom is -0.481 e. The van der Waals surface area contributed by atoms with Crippen molar-refractivity contribution >= 4 is 28.6 Å². The van der Waals surface area contributed by atoms with Crippen molar-refractivity contribution in [2.24, 2.45) is 11.8 Å². The zero-order chi connectivity index (χ0) is 24.1. The SMILES string of the molecule is O=C(O)CCC/C=C\CC1C(CNC(=O)CNC(=O)CS(=O)c2ccccc2)C2OC1C1OC21. The number of allylic oxidation sites excluding steroid dienone is 2. The number of fused-ring (bicyclic) bond motifs is 5. The van der Waals surface area contributed by atoms with E-state index in [1.54, 1.807) is 24.3 Å². The summed E-state index contributed by atoms with van der Waals surface area (Å²) in [6.45, 7) is 0.249. The van der Waals surface area contributed by atoms with Crippen molar-refractivity contribution in [1.82, 2.24) is 10.6 Å². The van der Waals surface area contributed by atoms with Crippen molar-refractivity contribution in [2.75, 3.05) is 18.8 Å². The van der Waals surface area contributed by atoms with Gasteiger partial charge < -0.3 is 25.2 Å². The lowest BCUT2D eigenvalue weighted by atomic mass is 9.77. The molecule has 3 aliphatic heterocycles. The van der Waals surface area contributed by atoms with E-state index in [1.807, 2.05) is 12.1 Å². The van der Waals surface area contributed by atoms with Gasteiger partial charge in [-0.05, 0) is 37.3 Å². The molecule has 2 bridgehead atoms. The fraction of sp³-hybridized carbons (Fsp3) is 0.542. The molecule has 7 unspecified atom stereocenters. The van der Waals surface area contributed by atoms with Gasteiger partial charge in [-0.1, -0.05) is 30.4 Å². The van der Waals surface area contributed by atoms with Crippen molar-refractivity contribution in [3.05, 3.63) is 42.5 Å². The number of hydrogen-bond acceptors (Lipinski definition) is 6. The molecule has 184 valence electrons. The zero-order valence-corrected chi connectivity index (χ0v) is 19.6. The van der Waals surface area contributed by atoms with E-state index in [4.69, 9.17) is 14.6 Å². The van der Waals surface area contributed by atoms with Gasteiger partial charge in [0.1, 0.15) is 18.0 Å². The minimum absolute atomic E-state index is 0.0215. The Hall–Kier alpha value is -2.56. The molecule has 0 saturated carbocycles. The largest absolute Gasteiger partial charge is 0.481 e. The second-order valence-electron chi connectivity index (χ2n) is 8.84. The average molecular weight is 491 g/mol. The Balaban J connectivity index is 1.19. The lowest BCUT2D eigenvalue weighted by Crippen LogP contribution is -2.44. The molecule has 4 rings (SSSR count). The summed E-state index contributed by atoms with van der Waals surface area (Å²) in [5, 5.41) is 14.1. The number of nitrogens with one attached hydrogen (secondary N) is 2. The molecular formula is C24H30N2O7S. The van der Waals surface area contributed by atoms with E-state index < -0.39 is 22.7 Å². The number of rotatable bonds is 13. The summed E-state index contributed by atoms with van der Waals surface area (Å²) in [6, 6.07) is 8.72. The highest BCUT2D eigenvalue weighted by Gasteiger charge is 2.68. The maximum Gasteiger partial charge on any atom is 0.303 e. The van der Waals surface area contributed by atoms with Gasteiger partial charge in [0, 0.05) is 23.8 Å². The summed E-state index contributed by atoms with van der Waals surface area (Å²) in [6.07, 6.45) is 6.57. The van der Waals surface area contributed by atoms with Gasteiger partial charge in [-0.15, -0.1) is 0 Å². The number of carboxylic acid groups (broad SMARTS) is 1. The summed E-state index contributed by atoms with van der Waals surface area (Å²) in [7, 11) is -1.46. The van der Waals surface area contributed by atoms with Gasteiger partial charge >= 0.3 is 5.97 Å². The van der Waals surface area contributed by atoms with Gasteiger partial charge in [0.2, 0.25) is 11.8 Å².